The first-order chi connectivity index (χ1) is 7.71. The lowest BCUT2D eigenvalue weighted by atomic mass is 9.89. The van der Waals surface area contributed by atoms with Gasteiger partial charge in [-0.05, 0) is 45.6 Å². The molecule has 2 rings (SSSR count). The molecule has 1 aliphatic heterocycles. The van der Waals surface area contributed by atoms with Gasteiger partial charge in [-0.25, -0.2) is 0 Å². The molecule has 1 atom stereocenters. The molecule has 1 heterocycles. The highest BCUT2D eigenvalue weighted by Gasteiger charge is 2.35. The van der Waals surface area contributed by atoms with Gasteiger partial charge in [0, 0.05) is 13.1 Å². The third-order valence-corrected chi connectivity index (χ3v) is 3.78. The van der Waals surface area contributed by atoms with Crippen LogP contribution in [0.5, 0.6) is 0 Å². The molecule has 1 fully saturated rings. The van der Waals surface area contributed by atoms with Crippen LogP contribution in [0.2, 0.25) is 0 Å². The Labute approximate surface area is 97.7 Å². The maximum atomic E-state index is 12.0. The molecule has 1 aliphatic carbocycles. The summed E-state index contributed by atoms with van der Waals surface area (Å²) in [4.78, 5) is 12.0. The van der Waals surface area contributed by atoms with Crippen LogP contribution in [0, 0.1) is 5.41 Å². The molecule has 2 aliphatic rings. The van der Waals surface area contributed by atoms with Crippen molar-refractivity contribution in [2.45, 2.75) is 39.0 Å². The standard InChI is InChI=1S/C13H22N2O/c1-13(7-9-14-10-13)12(16)15-8-6-11-4-2-3-5-11/h4,14H,2-3,5-10H2,1H3,(H,15,16). The Bertz CT molecular complexity index is 290. The van der Waals surface area contributed by atoms with Gasteiger partial charge < -0.3 is 10.6 Å². The summed E-state index contributed by atoms with van der Waals surface area (Å²) in [6.45, 7) is 4.65. The summed E-state index contributed by atoms with van der Waals surface area (Å²) in [7, 11) is 0. The Morgan fingerprint density at radius 1 is 1.62 bits per heavy atom. The predicted octanol–water partition coefficient (Wildman–Crippen LogP) is 1.60. The Morgan fingerprint density at radius 3 is 3.12 bits per heavy atom. The first-order valence-electron chi connectivity index (χ1n) is 6.38. The van der Waals surface area contributed by atoms with Gasteiger partial charge in [0.2, 0.25) is 5.91 Å². The smallest absolute Gasteiger partial charge is 0.227 e. The lowest BCUT2D eigenvalue weighted by molar-refractivity contribution is -0.129. The van der Waals surface area contributed by atoms with E-state index in [9.17, 15) is 4.79 Å². The molecule has 3 heteroatoms. The van der Waals surface area contributed by atoms with Gasteiger partial charge >= 0.3 is 0 Å². The molecule has 0 radical (unpaired) electrons. The molecular formula is C13H22N2O. The van der Waals surface area contributed by atoms with Gasteiger partial charge in [-0.1, -0.05) is 11.6 Å². The van der Waals surface area contributed by atoms with Gasteiger partial charge in [0.15, 0.2) is 0 Å². The highest BCUT2D eigenvalue weighted by Crippen LogP contribution is 2.24. The molecule has 0 bridgehead atoms. The number of hydrogen-bond acceptors (Lipinski definition) is 2. The normalized spacial score (nSPS) is 29.2. The first kappa shape index (κ1) is 11.6. The lowest BCUT2D eigenvalue weighted by Crippen LogP contribution is -2.40. The van der Waals surface area contributed by atoms with Gasteiger partial charge in [0.1, 0.15) is 0 Å². The van der Waals surface area contributed by atoms with Crippen LogP contribution < -0.4 is 10.6 Å². The van der Waals surface area contributed by atoms with Gasteiger partial charge in [-0.2, -0.15) is 0 Å². The van der Waals surface area contributed by atoms with Crippen LogP contribution in [0.1, 0.15) is 39.0 Å². The van der Waals surface area contributed by atoms with Crippen LogP contribution in [-0.2, 0) is 4.79 Å². The van der Waals surface area contributed by atoms with Crippen LogP contribution in [0.15, 0.2) is 11.6 Å². The minimum absolute atomic E-state index is 0.177. The third-order valence-electron chi connectivity index (χ3n) is 3.78. The van der Waals surface area contributed by atoms with Crippen molar-refractivity contribution < 1.29 is 4.79 Å². The molecule has 0 aromatic carbocycles. The van der Waals surface area contributed by atoms with E-state index in [-0.39, 0.29) is 11.3 Å². The van der Waals surface area contributed by atoms with E-state index >= 15 is 0 Å². The van der Waals surface area contributed by atoms with Crippen molar-refractivity contribution in [3.05, 3.63) is 11.6 Å². The summed E-state index contributed by atoms with van der Waals surface area (Å²) in [6.07, 6.45) is 8.08. The van der Waals surface area contributed by atoms with Crippen LogP contribution in [0.3, 0.4) is 0 Å². The molecule has 16 heavy (non-hydrogen) atoms. The molecule has 2 N–H and O–H groups in total. The number of carbonyl (C=O) groups is 1. The fraction of sp³-hybridized carbons (Fsp3) is 0.769. The monoisotopic (exact) mass is 222 g/mol. The summed E-state index contributed by atoms with van der Waals surface area (Å²) in [5, 5.41) is 6.33. The zero-order valence-corrected chi connectivity index (χ0v) is 10.1. The average molecular weight is 222 g/mol. The largest absolute Gasteiger partial charge is 0.355 e. The van der Waals surface area contributed by atoms with Crippen molar-refractivity contribution in [3.63, 3.8) is 0 Å². The molecule has 0 saturated carbocycles. The van der Waals surface area contributed by atoms with E-state index in [1.165, 1.54) is 24.8 Å². The Kier molecular flexibility index (Phi) is 3.64. The van der Waals surface area contributed by atoms with Gasteiger partial charge in [0.25, 0.3) is 0 Å². The van der Waals surface area contributed by atoms with Crippen LogP contribution >= 0.6 is 0 Å². The Hall–Kier alpha value is -0.830. The second-order valence-corrected chi connectivity index (χ2v) is 5.25. The zero-order valence-electron chi connectivity index (χ0n) is 10.1. The molecule has 3 nitrogen and oxygen atoms in total. The highest BCUT2D eigenvalue weighted by atomic mass is 16.2. The van der Waals surface area contributed by atoms with E-state index < -0.39 is 0 Å². The van der Waals surface area contributed by atoms with Crippen molar-refractivity contribution in [1.82, 2.24) is 10.6 Å². The van der Waals surface area contributed by atoms with Crippen LogP contribution in [-0.4, -0.2) is 25.5 Å². The molecule has 0 spiro atoms. The topological polar surface area (TPSA) is 41.1 Å². The minimum Gasteiger partial charge on any atom is -0.355 e. The summed E-state index contributed by atoms with van der Waals surface area (Å²) in [6, 6.07) is 0. The van der Waals surface area contributed by atoms with Crippen LogP contribution in [0.25, 0.3) is 0 Å². The maximum absolute atomic E-state index is 12.0. The predicted molar refractivity (Wildman–Crippen MR) is 65.2 cm³/mol. The molecule has 1 unspecified atom stereocenters. The van der Waals surface area contributed by atoms with Crippen molar-refractivity contribution >= 4 is 5.91 Å². The molecule has 0 aromatic heterocycles. The number of hydrogen-bond donors (Lipinski definition) is 2. The number of rotatable bonds is 4. The number of nitrogens with one attached hydrogen (secondary N) is 2. The van der Waals surface area contributed by atoms with E-state index in [4.69, 9.17) is 0 Å². The van der Waals surface area contributed by atoms with Gasteiger partial charge in [-0.3, -0.25) is 4.79 Å². The Balaban J connectivity index is 1.71. The summed E-state index contributed by atoms with van der Waals surface area (Å²) in [5.41, 5.74) is 1.35. The minimum atomic E-state index is -0.177. The van der Waals surface area contributed by atoms with Crippen molar-refractivity contribution in [1.29, 1.82) is 0 Å². The van der Waals surface area contributed by atoms with Crippen LogP contribution in [0.4, 0.5) is 0 Å². The first-order valence-corrected chi connectivity index (χ1v) is 6.38. The van der Waals surface area contributed by atoms with Crippen molar-refractivity contribution in [2.75, 3.05) is 19.6 Å². The van der Waals surface area contributed by atoms with E-state index in [0.717, 1.165) is 32.5 Å². The summed E-state index contributed by atoms with van der Waals surface area (Å²) >= 11 is 0. The highest BCUT2D eigenvalue weighted by molar-refractivity contribution is 5.82. The fourth-order valence-corrected chi connectivity index (χ4v) is 2.53. The second kappa shape index (κ2) is 5.00. The zero-order chi connectivity index (χ0) is 11.4. The van der Waals surface area contributed by atoms with Crippen molar-refractivity contribution in [3.8, 4) is 0 Å². The fourth-order valence-electron chi connectivity index (χ4n) is 2.53. The van der Waals surface area contributed by atoms with E-state index in [0.29, 0.717) is 0 Å². The number of allylic oxidation sites excluding steroid dienone is 1. The molecule has 0 aromatic rings. The van der Waals surface area contributed by atoms with Gasteiger partial charge in [-0.15, -0.1) is 0 Å². The molecule has 1 saturated heterocycles. The lowest BCUT2D eigenvalue weighted by Gasteiger charge is -2.21. The Morgan fingerprint density at radius 2 is 2.50 bits per heavy atom. The van der Waals surface area contributed by atoms with Gasteiger partial charge in [0.05, 0.1) is 5.41 Å². The van der Waals surface area contributed by atoms with E-state index in [2.05, 4.69) is 23.6 Å². The molecule has 1 amide bonds. The summed E-state index contributed by atoms with van der Waals surface area (Å²) in [5.74, 6) is 0.219. The summed E-state index contributed by atoms with van der Waals surface area (Å²) < 4.78 is 0. The number of amides is 1. The third kappa shape index (κ3) is 2.64. The van der Waals surface area contributed by atoms with Crippen molar-refractivity contribution in [2.24, 2.45) is 5.41 Å². The second-order valence-electron chi connectivity index (χ2n) is 5.25. The van der Waals surface area contributed by atoms with E-state index in [1.807, 2.05) is 0 Å². The maximum Gasteiger partial charge on any atom is 0.227 e. The average Bonchev–Trinajstić information content (AvgIpc) is 2.90. The van der Waals surface area contributed by atoms with E-state index in [1.54, 1.807) is 0 Å². The SMILES string of the molecule is CC1(C(=O)NCCC2=CCCC2)CCNC1. The quantitative estimate of drug-likeness (QED) is 0.709. The molecule has 90 valence electrons. The number of carbonyl (C=O) groups excluding carboxylic acids is 1. The molecular weight excluding hydrogens is 200 g/mol.